The van der Waals surface area contributed by atoms with Gasteiger partial charge in [0.25, 0.3) is 0 Å². The molecule has 1 N–H and O–H groups in total. The number of amides is 2. The third kappa shape index (κ3) is 3.21. The number of carbonyl (C=O) groups excluding carboxylic acids is 1. The fourth-order valence-corrected chi connectivity index (χ4v) is 2.14. The van der Waals surface area contributed by atoms with Gasteiger partial charge in [0, 0.05) is 33.1 Å². The first-order valence-corrected chi connectivity index (χ1v) is 6.52. The molecule has 0 aromatic carbocycles. The second kappa shape index (κ2) is 5.84. The van der Waals surface area contributed by atoms with E-state index in [4.69, 9.17) is 0 Å². The molecule has 2 amide bonds. The largest absolute Gasteiger partial charge is 0.338 e. The smallest absolute Gasteiger partial charge is 0.317 e. The van der Waals surface area contributed by atoms with Crippen molar-refractivity contribution in [1.29, 1.82) is 0 Å². The zero-order chi connectivity index (χ0) is 13.0. The summed E-state index contributed by atoms with van der Waals surface area (Å²) in [6.07, 6.45) is 4.60. The van der Waals surface area contributed by atoms with E-state index >= 15 is 0 Å². The van der Waals surface area contributed by atoms with Crippen molar-refractivity contribution in [2.24, 2.45) is 13.0 Å². The molecule has 0 bridgehead atoms. The molecule has 0 saturated carbocycles. The average molecular weight is 251 g/mol. The van der Waals surface area contributed by atoms with Crippen molar-refractivity contribution in [3.63, 3.8) is 0 Å². The van der Waals surface area contributed by atoms with Crippen molar-refractivity contribution in [3.8, 4) is 0 Å². The van der Waals surface area contributed by atoms with Gasteiger partial charge in [0.15, 0.2) is 0 Å². The van der Waals surface area contributed by atoms with Crippen molar-refractivity contribution in [2.75, 3.05) is 19.6 Å². The number of nitrogens with zero attached hydrogens (tertiary/aromatic N) is 4. The van der Waals surface area contributed by atoms with Crippen LogP contribution in [0.4, 0.5) is 4.79 Å². The fourth-order valence-electron chi connectivity index (χ4n) is 2.14. The molecule has 1 fully saturated rings. The van der Waals surface area contributed by atoms with E-state index in [0.717, 1.165) is 37.7 Å². The minimum Gasteiger partial charge on any atom is -0.338 e. The van der Waals surface area contributed by atoms with Gasteiger partial charge in [-0.2, -0.15) is 0 Å². The summed E-state index contributed by atoms with van der Waals surface area (Å²) in [6.45, 7) is 4.59. The van der Waals surface area contributed by atoms with Crippen LogP contribution in [0.15, 0.2) is 6.33 Å². The Bertz CT molecular complexity index is 395. The molecule has 100 valence electrons. The molecular formula is C12H21N5O. The number of piperidine rings is 1. The molecule has 18 heavy (non-hydrogen) atoms. The predicted molar refractivity (Wildman–Crippen MR) is 68.1 cm³/mol. The lowest BCUT2D eigenvalue weighted by molar-refractivity contribution is 0.174. The Labute approximate surface area is 107 Å². The highest BCUT2D eigenvalue weighted by Crippen LogP contribution is 2.15. The Hall–Kier alpha value is -1.59. The van der Waals surface area contributed by atoms with E-state index in [9.17, 15) is 4.79 Å². The number of aryl methyl sites for hydroxylation is 1. The molecule has 2 rings (SSSR count). The number of carbonyl (C=O) groups is 1. The maximum absolute atomic E-state index is 11.9. The van der Waals surface area contributed by atoms with E-state index in [1.54, 1.807) is 6.33 Å². The van der Waals surface area contributed by atoms with Crippen LogP contribution < -0.4 is 5.32 Å². The van der Waals surface area contributed by atoms with E-state index in [2.05, 4.69) is 22.4 Å². The molecule has 1 aliphatic heterocycles. The third-order valence-corrected chi connectivity index (χ3v) is 3.50. The summed E-state index contributed by atoms with van der Waals surface area (Å²) in [4.78, 5) is 13.8. The molecule has 0 aliphatic carbocycles. The zero-order valence-corrected chi connectivity index (χ0v) is 11.1. The Morgan fingerprint density at radius 1 is 1.50 bits per heavy atom. The molecule has 1 saturated heterocycles. The van der Waals surface area contributed by atoms with Crippen molar-refractivity contribution in [3.05, 3.63) is 12.2 Å². The van der Waals surface area contributed by atoms with Gasteiger partial charge in [-0.15, -0.1) is 10.2 Å². The molecule has 6 nitrogen and oxygen atoms in total. The SMILES string of the molecule is CC1CCN(C(=O)NCCc2nncn2C)CC1. The van der Waals surface area contributed by atoms with Crippen LogP contribution in [0.25, 0.3) is 0 Å². The lowest BCUT2D eigenvalue weighted by atomic mass is 10.00. The van der Waals surface area contributed by atoms with Gasteiger partial charge in [-0.25, -0.2) is 4.79 Å². The summed E-state index contributed by atoms with van der Waals surface area (Å²) < 4.78 is 1.87. The van der Waals surface area contributed by atoms with Gasteiger partial charge in [0.2, 0.25) is 0 Å². The van der Waals surface area contributed by atoms with Gasteiger partial charge in [0.05, 0.1) is 0 Å². The van der Waals surface area contributed by atoms with Gasteiger partial charge in [-0.3, -0.25) is 0 Å². The van der Waals surface area contributed by atoms with E-state index in [1.165, 1.54) is 0 Å². The van der Waals surface area contributed by atoms with Crippen LogP contribution in [0.1, 0.15) is 25.6 Å². The molecule has 0 unspecified atom stereocenters. The first-order chi connectivity index (χ1) is 8.66. The number of rotatable bonds is 3. The summed E-state index contributed by atoms with van der Waals surface area (Å²) in [6, 6.07) is 0.0454. The van der Waals surface area contributed by atoms with Gasteiger partial charge in [0.1, 0.15) is 12.2 Å². The van der Waals surface area contributed by atoms with Gasteiger partial charge in [-0.1, -0.05) is 6.92 Å². The number of aromatic nitrogens is 3. The quantitative estimate of drug-likeness (QED) is 0.864. The highest BCUT2D eigenvalue weighted by Gasteiger charge is 2.19. The molecule has 0 spiro atoms. The van der Waals surface area contributed by atoms with Crippen molar-refractivity contribution in [1.82, 2.24) is 25.0 Å². The lowest BCUT2D eigenvalue weighted by Crippen LogP contribution is -2.44. The normalized spacial score (nSPS) is 16.9. The fraction of sp³-hybridized carbons (Fsp3) is 0.750. The third-order valence-electron chi connectivity index (χ3n) is 3.50. The maximum Gasteiger partial charge on any atom is 0.317 e. The molecule has 0 atom stereocenters. The standard InChI is InChI=1S/C12H21N5O/c1-10-4-7-17(8-5-10)12(18)13-6-3-11-15-14-9-16(11)2/h9-10H,3-8H2,1-2H3,(H,13,18). The van der Waals surface area contributed by atoms with Gasteiger partial charge < -0.3 is 14.8 Å². The summed E-state index contributed by atoms with van der Waals surface area (Å²) in [5.41, 5.74) is 0. The molecule has 6 heteroatoms. The molecule has 1 aromatic heterocycles. The average Bonchev–Trinajstić information content (AvgIpc) is 2.76. The van der Waals surface area contributed by atoms with E-state index in [0.29, 0.717) is 13.0 Å². The predicted octanol–water partition coefficient (Wildman–Crippen LogP) is 0.799. The van der Waals surface area contributed by atoms with E-state index < -0.39 is 0 Å². The summed E-state index contributed by atoms with van der Waals surface area (Å²) in [7, 11) is 1.91. The summed E-state index contributed by atoms with van der Waals surface area (Å²) in [5, 5.41) is 10.7. The number of likely N-dealkylation sites (tertiary alicyclic amines) is 1. The molecule has 2 heterocycles. The maximum atomic E-state index is 11.9. The highest BCUT2D eigenvalue weighted by molar-refractivity contribution is 5.74. The first-order valence-electron chi connectivity index (χ1n) is 6.52. The van der Waals surface area contributed by atoms with Crippen molar-refractivity contribution < 1.29 is 4.79 Å². The van der Waals surface area contributed by atoms with E-state index in [1.807, 2.05) is 16.5 Å². The Morgan fingerprint density at radius 3 is 2.83 bits per heavy atom. The topological polar surface area (TPSA) is 63.1 Å². The Balaban J connectivity index is 1.70. The number of nitrogens with one attached hydrogen (secondary N) is 1. The molecular weight excluding hydrogens is 230 g/mol. The second-order valence-corrected chi connectivity index (χ2v) is 5.01. The van der Waals surface area contributed by atoms with Gasteiger partial charge >= 0.3 is 6.03 Å². The first kappa shape index (κ1) is 12.9. The van der Waals surface area contributed by atoms with Crippen LogP contribution in [-0.2, 0) is 13.5 Å². The zero-order valence-electron chi connectivity index (χ0n) is 11.1. The molecule has 1 aliphatic rings. The minimum atomic E-state index is 0.0454. The second-order valence-electron chi connectivity index (χ2n) is 5.01. The summed E-state index contributed by atoms with van der Waals surface area (Å²) >= 11 is 0. The monoisotopic (exact) mass is 251 g/mol. The molecule has 1 aromatic rings. The summed E-state index contributed by atoms with van der Waals surface area (Å²) in [5.74, 6) is 1.63. The van der Waals surface area contributed by atoms with Crippen LogP contribution in [0.2, 0.25) is 0 Å². The number of urea groups is 1. The van der Waals surface area contributed by atoms with Gasteiger partial charge in [-0.05, 0) is 18.8 Å². The number of hydrogen-bond acceptors (Lipinski definition) is 3. The van der Waals surface area contributed by atoms with Crippen molar-refractivity contribution in [2.45, 2.75) is 26.2 Å². The van der Waals surface area contributed by atoms with Crippen LogP contribution in [0.3, 0.4) is 0 Å². The van der Waals surface area contributed by atoms with Crippen LogP contribution >= 0.6 is 0 Å². The Morgan fingerprint density at radius 2 is 2.22 bits per heavy atom. The van der Waals surface area contributed by atoms with Crippen LogP contribution in [-0.4, -0.2) is 45.3 Å². The minimum absolute atomic E-state index is 0.0454. The highest BCUT2D eigenvalue weighted by atomic mass is 16.2. The van der Waals surface area contributed by atoms with Crippen molar-refractivity contribution >= 4 is 6.03 Å². The lowest BCUT2D eigenvalue weighted by Gasteiger charge is -2.30. The number of hydrogen-bond donors (Lipinski definition) is 1. The Kier molecular flexibility index (Phi) is 4.17. The van der Waals surface area contributed by atoms with Crippen LogP contribution in [0.5, 0.6) is 0 Å². The van der Waals surface area contributed by atoms with Crippen LogP contribution in [0, 0.1) is 5.92 Å². The van der Waals surface area contributed by atoms with E-state index in [-0.39, 0.29) is 6.03 Å². The molecule has 0 radical (unpaired) electrons.